The van der Waals surface area contributed by atoms with Gasteiger partial charge in [0.25, 0.3) is 0 Å². The standard InChI is InChI=1S/C11H10N2O2/c1-13-8-12-7-10(13)15-11(14)9-5-3-2-4-6-9/h2-8H,1H3. The molecule has 0 aliphatic heterocycles. The van der Waals surface area contributed by atoms with E-state index in [1.807, 2.05) is 6.07 Å². The molecule has 4 heteroatoms. The van der Waals surface area contributed by atoms with Crippen molar-refractivity contribution in [1.82, 2.24) is 9.55 Å². The lowest BCUT2D eigenvalue weighted by Gasteiger charge is -2.03. The van der Waals surface area contributed by atoms with Crippen LogP contribution in [-0.4, -0.2) is 15.5 Å². The van der Waals surface area contributed by atoms with E-state index in [-0.39, 0.29) is 5.97 Å². The van der Waals surface area contributed by atoms with Gasteiger partial charge in [-0.2, -0.15) is 0 Å². The molecule has 2 rings (SSSR count). The molecule has 1 heterocycles. The lowest BCUT2D eigenvalue weighted by Crippen LogP contribution is -2.10. The summed E-state index contributed by atoms with van der Waals surface area (Å²) in [5.74, 6) is 0.0584. The van der Waals surface area contributed by atoms with E-state index in [0.29, 0.717) is 11.4 Å². The summed E-state index contributed by atoms with van der Waals surface area (Å²) in [7, 11) is 1.76. The summed E-state index contributed by atoms with van der Waals surface area (Å²) < 4.78 is 6.77. The highest BCUT2D eigenvalue weighted by molar-refractivity contribution is 5.90. The second-order valence-electron chi connectivity index (χ2n) is 3.10. The number of carbonyl (C=O) groups excluding carboxylic acids is 1. The predicted molar refractivity (Wildman–Crippen MR) is 54.6 cm³/mol. The number of carbonyl (C=O) groups is 1. The topological polar surface area (TPSA) is 44.1 Å². The van der Waals surface area contributed by atoms with Crippen LogP contribution in [-0.2, 0) is 7.05 Å². The molecule has 0 atom stereocenters. The van der Waals surface area contributed by atoms with E-state index in [1.165, 1.54) is 6.20 Å². The number of rotatable bonds is 2. The molecule has 76 valence electrons. The molecule has 0 saturated heterocycles. The summed E-state index contributed by atoms with van der Waals surface area (Å²) in [5.41, 5.74) is 0.527. The molecule has 2 aromatic rings. The summed E-state index contributed by atoms with van der Waals surface area (Å²) in [6.07, 6.45) is 3.08. The maximum Gasteiger partial charge on any atom is 0.344 e. The van der Waals surface area contributed by atoms with E-state index in [2.05, 4.69) is 4.98 Å². The molecule has 0 spiro atoms. The van der Waals surface area contributed by atoms with Crippen LogP contribution in [0.1, 0.15) is 10.4 Å². The van der Waals surface area contributed by atoms with Crippen molar-refractivity contribution in [3.63, 3.8) is 0 Å². The molecule has 0 radical (unpaired) electrons. The van der Waals surface area contributed by atoms with E-state index in [1.54, 1.807) is 42.2 Å². The van der Waals surface area contributed by atoms with Gasteiger partial charge in [-0.1, -0.05) is 18.2 Å². The third-order valence-corrected chi connectivity index (χ3v) is 1.98. The van der Waals surface area contributed by atoms with Crippen LogP contribution in [0.15, 0.2) is 42.9 Å². The minimum Gasteiger partial charge on any atom is -0.404 e. The van der Waals surface area contributed by atoms with Gasteiger partial charge in [0, 0.05) is 7.05 Å². The number of benzene rings is 1. The number of hydrogen-bond donors (Lipinski definition) is 0. The molecule has 0 unspecified atom stereocenters. The molecule has 0 bridgehead atoms. The summed E-state index contributed by atoms with van der Waals surface area (Å²) in [4.78, 5) is 15.5. The zero-order valence-corrected chi connectivity index (χ0v) is 8.25. The normalized spacial score (nSPS) is 9.93. The smallest absolute Gasteiger partial charge is 0.344 e. The van der Waals surface area contributed by atoms with E-state index < -0.39 is 0 Å². The van der Waals surface area contributed by atoms with Gasteiger partial charge in [-0.3, -0.25) is 0 Å². The van der Waals surface area contributed by atoms with Crippen molar-refractivity contribution in [2.75, 3.05) is 0 Å². The third kappa shape index (κ3) is 2.04. The number of aryl methyl sites for hydroxylation is 1. The van der Waals surface area contributed by atoms with Gasteiger partial charge in [-0.25, -0.2) is 9.78 Å². The summed E-state index contributed by atoms with van der Waals surface area (Å²) in [6, 6.07) is 8.85. The zero-order chi connectivity index (χ0) is 10.7. The Labute approximate surface area is 87.1 Å². The van der Waals surface area contributed by atoms with Crippen LogP contribution in [0.2, 0.25) is 0 Å². The van der Waals surface area contributed by atoms with Crippen LogP contribution < -0.4 is 4.74 Å². The molecule has 1 aromatic carbocycles. The van der Waals surface area contributed by atoms with Gasteiger partial charge >= 0.3 is 5.97 Å². The number of ether oxygens (including phenoxy) is 1. The van der Waals surface area contributed by atoms with Gasteiger partial charge in [0.2, 0.25) is 5.88 Å². The molecule has 15 heavy (non-hydrogen) atoms. The van der Waals surface area contributed by atoms with Crippen molar-refractivity contribution in [2.45, 2.75) is 0 Å². The maximum atomic E-state index is 11.6. The van der Waals surface area contributed by atoms with Crippen molar-refractivity contribution in [1.29, 1.82) is 0 Å². The number of nitrogens with zero attached hydrogens (tertiary/aromatic N) is 2. The highest BCUT2D eigenvalue weighted by atomic mass is 16.5. The fraction of sp³-hybridized carbons (Fsp3) is 0.0909. The van der Waals surface area contributed by atoms with Gasteiger partial charge in [0.1, 0.15) is 0 Å². The van der Waals surface area contributed by atoms with Gasteiger partial charge in [-0.05, 0) is 12.1 Å². The van der Waals surface area contributed by atoms with Crippen LogP contribution >= 0.6 is 0 Å². The Balaban J connectivity index is 2.15. The summed E-state index contributed by atoms with van der Waals surface area (Å²) in [6.45, 7) is 0. The molecule has 0 amide bonds. The minimum absolute atomic E-state index is 0.376. The molecule has 4 nitrogen and oxygen atoms in total. The lowest BCUT2D eigenvalue weighted by molar-refractivity contribution is 0.0722. The van der Waals surface area contributed by atoms with Crippen molar-refractivity contribution in [2.24, 2.45) is 7.05 Å². The Bertz CT molecular complexity index is 462. The Morgan fingerprint density at radius 2 is 2.07 bits per heavy atom. The average molecular weight is 202 g/mol. The Morgan fingerprint density at radius 3 is 2.67 bits per heavy atom. The maximum absolute atomic E-state index is 11.6. The fourth-order valence-corrected chi connectivity index (χ4v) is 1.17. The van der Waals surface area contributed by atoms with Crippen LogP contribution in [0, 0.1) is 0 Å². The van der Waals surface area contributed by atoms with Crippen LogP contribution in [0.3, 0.4) is 0 Å². The number of imidazole rings is 1. The van der Waals surface area contributed by atoms with E-state index >= 15 is 0 Å². The second kappa shape index (κ2) is 3.96. The summed E-state index contributed by atoms with van der Waals surface area (Å²) >= 11 is 0. The number of hydrogen-bond acceptors (Lipinski definition) is 3. The monoisotopic (exact) mass is 202 g/mol. The highest BCUT2D eigenvalue weighted by Gasteiger charge is 2.09. The first kappa shape index (κ1) is 9.45. The average Bonchev–Trinajstić information content (AvgIpc) is 2.66. The Hall–Kier alpha value is -2.10. The third-order valence-electron chi connectivity index (χ3n) is 1.98. The SMILES string of the molecule is Cn1cncc1OC(=O)c1ccccc1. The zero-order valence-electron chi connectivity index (χ0n) is 8.25. The molecular weight excluding hydrogens is 192 g/mol. The van der Waals surface area contributed by atoms with Crippen molar-refractivity contribution >= 4 is 5.97 Å². The van der Waals surface area contributed by atoms with Gasteiger partial charge in [0.15, 0.2) is 0 Å². The van der Waals surface area contributed by atoms with Gasteiger partial charge in [-0.15, -0.1) is 0 Å². The minimum atomic E-state index is -0.376. The van der Waals surface area contributed by atoms with E-state index in [9.17, 15) is 4.79 Å². The molecular formula is C11H10N2O2. The molecule has 0 N–H and O–H groups in total. The van der Waals surface area contributed by atoms with E-state index in [0.717, 1.165) is 0 Å². The predicted octanol–water partition coefficient (Wildman–Crippen LogP) is 1.64. The van der Waals surface area contributed by atoms with Crippen molar-refractivity contribution in [3.05, 3.63) is 48.4 Å². The highest BCUT2D eigenvalue weighted by Crippen LogP contribution is 2.10. The molecule has 0 aliphatic carbocycles. The van der Waals surface area contributed by atoms with Crippen LogP contribution in [0.5, 0.6) is 5.88 Å². The second-order valence-corrected chi connectivity index (χ2v) is 3.10. The summed E-state index contributed by atoms with van der Waals surface area (Å²) in [5, 5.41) is 0. The van der Waals surface area contributed by atoms with Crippen LogP contribution in [0.4, 0.5) is 0 Å². The van der Waals surface area contributed by atoms with Crippen molar-refractivity contribution in [3.8, 4) is 5.88 Å². The number of esters is 1. The quantitative estimate of drug-likeness (QED) is 0.695. The first-order chi connectivity index (χ1) is 7.27. The Morgan fingerprint density at radius 1 is 1.33 bits per heavy atom. The lowest BCUT2D eigenvalue weighted by atomic mass is 10.2. The largest absolute Gasteiger partial charge is 0.404 e. The fourth-order valence-electron chi connectivity index (χ4n) is 1.17. The van der Waals surface area contributed by atoms with Crippen LogP contribution in [0.25, 0.3) is 0 Å². The Kier molecular flexibility index (Phi) is 2.49. The van der Waals surface area contributed by atoms with Gasteiger partial charge in [0.05, 0.1) is 18.1 Å². The number of aromatic nitrogens is 2. The van der Waals surface area contributed by atoms with Crippen molar-refractivity contribution < 1.29 is 9.53 Å². The van der Waals surface area contributed by atoms with Gasteiger partial charge < -0.3 is 9.30 Å². The molecule has 1 aromatic heterocycles. The first-order valence-electron chi connectivity index (χ1n) is 4.51. The molecule has 0 fully saturated rings. The van der Waals surface area contributed by atoms with E-state index in [4.69, 9.17) is 4.74 Å². The first-order valence-corrected chi connectivity index (χ1v) is 4.51. The molecule has 0 saturated carbocycles. The molecule has 0 aliphatic rings.